The fourth-order valence-electron chi connectivity index (χ4n) is 2.31. The van der Waals surface area contributed by atoms with Gasteiger partial charge in [-0.05, 0) is 38.2 Å². The maximum Gasteiger partial charge on any atom is 0.372 e. The van der Waals surface area contributed by atoms with Crippen LogP contribution in [0, 0.1) is 5.92 Å². The van der Waals surface area contributed by atoms with Crippen LogP contribution in [-0.2, 0) is 9.63 Å². The molecule has 0 aromatic heterocycles. The number of carbonyl (C=O) groups excluding carboxylic acids is 1. The number of hydrogen-bond donors (Lipinski definition) is 0. The van der Waals surface area contributed by atoms with Gasteiger partial charge in [0.05, 0.1) is 5.71 Å². The first-order valence-corrected chi connectivity index (χ1v) is 7.68. The summed E-state index contributed by atoms with van der Waals surface area (Å²) in [6, 6.07) is 7.19. The van der Waals surface area contributed by atoms with Gasteiger partial charge in [0.25, 0.3) is 0 Å². The predicted octanol–water partition coefficient (Wildman–Crippen LogP) is 3.40. The second kappa shape index (κ2) is 9.11. The molecule has 1 fully saturated rings. The van der Waals surface area contributed by atoms with E-state index in [2.05, 4.69) is 31.0 Å². The number of oxime groups is 1. The molecule has 2 rings (SSSR count). The smallest absolute Gasteiger partial charge is 0.372 e. The van der Waals surface area contributed by atoms with Crippen LogP contribution in [0.25, 0.3) is 0 Å². The molecule has 0 spiro atoms. The highest BCUT2D eigenvalue weighted by Gasteiger charge is 2.26. The predicted molar refractivity (Wildman–Crippen MR) is 93.6 cm³/mol. The van der Waals surface area contributed by atoms with E-state index in [9.17, 15) is 4.79 Å². The van der Waals surface area contributed by atoms with E-state index in [4.69, 9.17) is 21.2 Å². The number of rotatable bonds is 4. The van der Waals surface area contributed by atoms with Gasteiger partial charge in [-0.2, -0.15) is 0 Å². The summed E-state index contributed by atoms with van der Waals surface area (Å²) in [5.41, 5.74) is 0.922. The summed E-state index contributed by atoms with van der Waals surface area (Å²) in [5.74, 6) is 0.336. The number of nitrogens with zero attached hydrogens (tertiary/aromatic N) is 2. The highest BCUT2D eigenvalue weighted by molar-refractivity contribution is 6.30. The van der Waals surface area contributed by atoms with E-state index in [-0.39, 0.29) is 24.9 Å². The maximum absolute atomic E-state index is 11.7. The summed E-state index contributed by atoms with van der Waals surface area (Å²) < 4.78 is 5.32. The van der Waals surface area contributed by atoms with Gasteiger partial charge in [-0.15, -0.1) is 12.4 Å². The van der Waals surface area contributed by atoms with E-state index in [0.717, 1.165) is 18.7 Å². The van der Waals surface area contributed by atoms with E-state index in [0.29, 0.717) is 16.8 Å². The van der Waals surface area contributed by atoms with E-state index in [1.807, 2.05) is 0 Å². The molecule has 0 amide bonds. The molecule has 1 aromatic carbocycles. The fraction of sp³-hybridized carbons (Fsp3) is 0.500. The van der Waals surface area contributed by atoms with Crippen LogP contribution in [-0.4, -0.2) is 42.8 Å². The highest BCUT2D eigenvalue weighted by Crippen LogP contribution is 2.18. The molecule has 1 heterocycles. The minimum atomic E-state index is -0.513. The van der Waals surface area contributed by atoms with Gasteiger partial charge in [-0.3, -0.25) is 0 Å². The summed E-state index contributed by atoms with van der Waals surface area (Å²) in [4.78, 5) is 18.9. The zero-order valence-corrected chi connectivity index (χ0v) is 15.1. The number of benzene rings is 1. The molecule has 0 saturated carbocycles. The average molecular weight is 361 g/mol. The normalized spacial score (nSPS) is 23.2. The second-order valence-electron chi connectivity index (χ2n) is 5.68. The molecule has 2 unspecified atom stereocenters. The molecule has 1 aromatic rings. The van der Waals surface area contributed by atoms with Crippen LogP contribution >= 0.6 is 24.0 Å². The number of halogens is 2. The van der Waals surface area contributed by atoms with Crippen LogP contribution in [0.1, 0.15) is 20.3 Å². The Morgan fingerprint density at radius 3 is 2.65 bits per heavy atom. The van der Waals surface area contributed by atoms with Crippen molar-refractivity contribution >= 4 is 35.7 Å². The van der Waals surface area contributed by atoms with Crippen LogP contribution in [0.3, 0.4) is 0 Å². The lowest BCUT2D eigenvalue weighted by Gasteiger charge is -2.34. The Morgan fingerprint density at radius 2 is 2.00 bits per heavy atom. The molecule has 128 valence electrons. The van der Waals surface area contributed by atoms with Crippen molar-refractivity contribution in [2.45, 2.75) is 26.3 Å². The Morgan fingerprint density at radius 1 is 1.35 bits per heavy atom. The fourth-order valence-corrected chi connectivity index (χ4v) is 2.44. The molecule has 0 radical (unpaired) electrons. The van der Waals surface area contributed by atoms with E-state index < -0.39 is 5.97 Å². The van der Waals surface area contributed by atoms with Crippen molar-refractivity contribution in [3.05, 3.63) is 29.3 Å². The van der Waals surface area contributed by atoms with Crippen LogP contribution in [0.2, 0.25) is 5.02 Å². The quantitative estimate of drug-likeness (QED) is 0.609. The first kappa shape index (κ1) is 19.7. The van der Waals surface area contributed by atoms with Crippen molar-refractivity contribution in [3.63, 3.8) is 0 Å². The Hall–Kier alpha value is -1.30. The van der Waals surface area contributed by atoms with E-state index in [1.165, 1.54) is 0 Å². The molecule has 7 heteroatoms. The van der Waals surface area contributed by atoms with Crippen LogP contribution in [0.5, 0.6) is 5.75 Å². The molecule has 23 heavy (non-hydrogen) atoms. The van der Waals surface area contributed by atoms with Crippen molar-refractivity contribution in [2.24, 2.45) is 11.1 Å². The monoisotopic (exact) mass is 360 g/mol. The molecular formula is C16H22Cl2N2O3. The standard InChI is InChI=1S/C16H21ClN2O3.ClH/c1-11-9-19(3)12(2)8-15(11)18-22-16(20)10-21-14-6-4-13(17)5-7-14;/h4-7,11-12H,8-10H2,1-3H3;1H. The molecule has 0 bridgehead atoms. The number of likely N-dealkylation sites (tertiary alicyclic amines) is 1. The van der Waals surface area contributed by atoms with Crippen LogP contribution in [0.15, 0.2) is 29.4 Å². The lowest BCUT2D eigenvalue weighted by Crippen LogP contribution is -2.43. The Labute approximate surface area is 148 Å². The van der Waals surface area contributed by atoms with Gasteiger partial charge in [-0.25, -0.2) is 4.79 Å². The van der Waals surface area contributed by atoms with Gasteiger partial charge in [0, 0.05) is 29.9 Å². The molecule has 5 nitrogen and oxygen atoms in total. The Kier molecular flexibility index (Phi) is 7.82. The third-order valence-corrected chi connectivity index (χ3v) is 4.07. The van der Waals surface area contributed by atoms with Crippen molar-refractivity contribution in [1.29, 1.82) is 0 Å². The summed E-state index contributed by atoms with van der Waals surface area (Å²) in [5, 5.41) is 4.63. The molecular weight excluding hydrogens is 339 g/mol. The summed E-state index contributed by atoms with van der Waals surface area (Å²) in [7, 11) is 2.09. The van der Waals surface area contributed by atoms with Gasteiger partial charge in [0.15, 0.2) is 6.61 Å². The van der Waals surface area contributed by atoms with E-state index >= 15 is 0 Å². The van der Waals surface area contributed by atoms with Gasteiger partial charge in [-0.1, -0.05) is 23.7 Å². The Balaban J connectivity index is 0.00000264. The number of hydrogen-bond acceptors (Lipinski definition) is 5. The lowest BCUT2D eigenvalue weighted by atomic mass is 9.93. The third-order valence-electron chi connectivity index (χ3n) is 3.82. The average Bonchev–Trinajstić information content (AvgIpc) is 2.49. The number of ether oxygens (including phenoxy) is 1. The third kappa shape index (κ3) is 6.01. The maximum atomic E-state index is 11.7. The second-order valence-corrected chi connectivity index (χ2v) is 6.12. The highest BCUT2D eigenvalue weighted by atomic mass is 35.5. The van der Waals surface area contributed by atoms with Crippen molar-refractivity contribution in [3.8, 4) is 5.75 Å². The first-order valence-electron chi connectivity index (χ1n) is 7.31. The summed E-state index contributed by atoms with van der Waals surface area (Å²) in [6.45, 7) is 4.95. The molecule has 0 aliphatic carbocycles. The van der Waals surface area contributed by atoms with Crippen LogP contribution < -0.4 is 4.74 Å². The molecule has 1 saturated heterocycles. The Bertz CT molecular complexity index is 549. The number of piperidine rings is 1. The van der Waals surface area contributed by atoms with Gasteiger partial charge >= 0.3 is 5.97 Å². The summed E-state index contributed by atoms with van der Waals surface area (Å²) in [6.07, 6.45) is 0.809. The van der Waals surface area contributed by atoms with Crippen molar-refractivity contribution in [1.82, 2.24) is 4.90 Å². The molecule has 1 aliphatic rings. The topological polar surface area (TPSA) is 51.1 Å². The number of carbonyl (C=O) groups is 1. The first-order chi connectivity index (χ1) is 10.5. The molecule has 2 atom stereocenters. The van der Waals surface area contributed by atoms with Crippen molar-refractivity contribution in [2.75, 3.05) is 20.2 Å². The van der Waals surface area contributed by atoms with E-state index in [1.54, 1.807) is 24.3 Å². The SMILES string of the molecule is CC1CN(C)C(C)CC1=NOC(=O)COc1ccc(Cl)cc1.Cl. The van der Waals surface area contributed by atoms with Gasteiger partial charge in [0.1, 0.15) is 5.75 Å². The van der Waals surface area contributed by atoms with Crippen molar-refractivity contribution < 1.29 is 14.4 Å². The lowest BCUT2D eigenvalue weighted by molar-refractivity contribution is -0.146. The van der Waals surface area contributed by atoms with Crippen LogP contribution in [0.4, 0.5) is 0 Å². The minimum absolute atomic E-state index is 0. The van der Waals surface area contributed by atoms with Gasteiger partial charge < -0.3 is 14.5 Å². The zero-order chi connectivity index (χ0) is 16.1. The zero-order valence-electron chi connectivity index (χ0n) is 13.5. The molecule has 0 N–H and O–H groups in total. The molecule has 1 aliphatic heterocycles. The minimum Gasteiger partial charge on any atom is -0.482 e. The van der Waals surface area contributed by atoms with Gasteiger partial charge in [0.2, 0.25) is 0 Å². The summed E-state index contributed by atoms with van der Waals surface area (Å²) >= 11 is 5.78. The largest absolute Gasteiger partial charge is 0.482 e.